The van der Waals surface area contributed by atoms with Gasteiger partial charge in [-0.2, -0.15) is 5.26 Å². The van der Waals surface area contributed by atoms with E-state index in [1.165, 1.54) is 11.0 Å². The van der Waals surface area contributed by atoms with Gasteiger partial charge in [0.2, 0.25) is 5.89 Å². The Bertz CT molecular complexity index is 1020. The van der Waals surface area contributed by atoms with Crippen molar-refractivity contribution in [1.82, 2.24) is 9.88 Å². The molecule has 1 aromatic heterocycles. The number of nitriles is 1. The second-order valence-corrected chi connectivity index (χ2v) is 7.67. The monoisotopic (exact) mass is 398 g/mol. The predicted molar refractivity (Wildman–Crippen MR) is 102 cm³/mol. The highest BCUT2D eigenvalue weighted by atomic mass is 35.5. The first-order chi connectivity index (χ1) is 13.4. The van der Waals surface area contributed by atoms with Gasteiger partial charge in [0.15, 0.2) is 0 Å². The van der Waals surface area contributed by atoms with Crippen molar-refractivity contribution in [3.8, 4) is 6.07 Å². The molecule has 1 saturated heterocycles. The summed E-state index contributed by atoms with van der Waals surface area (Å²) in [5.74, 6) is 0.809. The van der Waals surface area contributed by atoms with Crippen molar-refractivity contribution < 1.29 is 14.0 Å². The minimum absolute atomic E-state index is 0.137. The van der Waals surface area contributed by atoms with Gasteiger partial charge in [-0.05, 0) is 44.4 Å². The van der Waals surface area contributed by atoms with Crippen LogP contribution in [0.25, 0.3) is 0 Å². The molecule has 4 rings (SSSR count). The fourth-order valence-corrected chi connectivity index (χ4v) is 4.40. The molecule has 0 atom stereocenters. The Hall–Kier alpha value is -2.85. The molecule has 8 heteroatoms. The smallest absolute Gasteiger partial charge is 0.332 e. The number of imide groups is 1. The summed E-state index contributed by atoms with van der Waals surface area (Å²) in [6.45, 7) is 3.63. The van der Waals surface area contributed by atoms with Crippen molar-refractivity contribution in [2.24, 2.45) is 0 Å². The number of rotatable bonds is 3. The Morgan fingerprint density at radius 3 is 2.61 bits per heavy atom. The molecule has 1 saturated carbocycles. The molecule has 1 aliphatic heterocycles. The van der Waals surface area contributed by atoms with E-state index >= 15 is 0 Å². The van der Waals surface area contributed by atoms with Crippen LogP contribution in [0.15, 0.2) is 22.7 Å². The highest BCUT2D eigenvalue weighted by molar-refractivity contribution is 6.33. The first kappa shape index (κ1) is 18.5. The van der Waals surface area contributed by atoms with Crippen molar-refractivity contribution in [1.29, 1.82) is 5.26 Å². The Morgan fingerprint density at radius 1 is 1.29 bits per heavy atom. The van der Waals surface area contributed by atoms with Crippen molar-refractivity contribution in [2.75, 3.05) is 4.90 Å². The van der Waals surface area contributed by atoms with E-state index < -0.39 is 11.6 Å². The van der Waals surface area contributed by atoms with Gasteiger partial charge in [0, 0.05) is 0 Å². The van der Waals surface area contributed by atoms with Crippen LogP contribution in [0, 0.1) is 25.2 Å². The molecular formula is C20H19ClN4O3. The van der Waals surface area contributed by atoms with Gasteiger partial charge < -0.3 is 4.42 Å². The molecule has 0 radical (unpaired) electrons. The van der Waals surface area contributed by atoms with E-state index in [4.69, 9.17) is 16.0 Å². The van der Waals surface area contributed by atoms with Gasteiger partial charge in [-0.25, -0.2) is 14.7 Å². The number of nitrogens with zero attached hydrogens (tertiary/aromatic N) is 4. The number of oxazole rings is 1. The molecule has 0 bridgehead atoms. The summed E-state index contributed by atoms with van der Waals surface area (Å²) in [7, 11) is 0. The highest BCUT2D eigenvalue weighted by Gasteiger charge is 2.59. The maximum Gasteiger partial charge on any atom is 0.332 e. The van der Waals surface area contributed by atoms with Gasteiger partial charge in [-0.3, -0.25) is 9.69 Å². The van der Waals surface area contributed by atoms with E-state index in [2.05, 4.69) is 4.98 Å². The number of anilines is 1. The molecule has 144 valence electrons. The molecule has 1 aromatic carbocycles. The SMILES string of the molecule is Cc1cnc(CN2C(=O)N(c3ccc(C#N)c(Cl)c3C)C(=O)C23CCCC3)o1. The molecule has 2 heterocycles. The van der Waals surface area contributed by atoms with Crippen LogP contribution >= 0.6 is 11.6 Å². The van der Waals surface area contributed by atoms with Crippen molar-refractivity contribution in [2.45, 2.75) is 51.6 Å². The zero-order chi connectivity index (χ0) is 20.1. The van der Waals surface area contributed by atoms with E-state index in [1.807, 2.05) is 6.07 Å². The van der Waals surface area contributed by atoms with Gasteiger partial charge >= 0.3 is 6.03 Å². The van der Waals surface area contributed by atoms with Crippen LogP contribution in [0.3, 0.4) is 0 Å². The third-order valence-corrected chi connectivity index (χ3v) is 6.14. The summed E-state index contributed by atoms with van der Waals surface area (Å²) in [5, 5.41) is 9.42. The summed E-state index contributed by atoms with van der Waals surface area (Å²) in [5.41, 5.74) is 0.372. The third kappa shape index (κ3) is 2.60. The topological polar surface area (TPSA) is 90.4 Å². The molecule has 7 nitrogen and oxygen atoms in total. The van der Waals surface area contributed by atoms with Gasteiger partial charge in [0.1, 0.15) is 23.9 Å². The molecule has 2 fully saturated rings. The zero-order valence-corrected chi connectivity index (χ0v) is 16.4. The maximum atomic E-state index is 13.5. The highest BCUT2D eigenvalue weighted by Crippen LogP contribution is 2.45. The summed E-state index contributed by atoms with van der Waals surface area (Å²) in [6.07, 6.45) is 4.57. The number of halogens is 1. The van der Waals surface area contributed by atoms with Crippen LogP contribution in [-0.2, 0) is 11.3 Å². The molecule has 28 heavy (non-hydrogen) atoms. The number of urea groups is 1. The van der Waals surface area contributed by atoms with Gasteiger partial charge in [0.25, 0.3) is 5.91 Å². The van der Waals surface area contributed by atoms with Crippen LogP contribution in [0.5, 0.6) is 0 Å². The van der Waals surface area contributed by atoms with Crippen LogP contribution in [0.1, 0.15) is 48.5 Å². The summed E-state index contributed by atoms with van der Waals surface area (Å²) >= 11 is 6.28. The number of benzene rings is 1. The lowest BCUT2D eigenvalue weighted by atomic mass is 9.95. The minimum Gasteiger partial charge on any atom is -0.444 e. The van der Waals surface area contributed by atoms with E-state index in [0.29, 0.717) is 41.3 Å². The molecular weight excluding hydrogens is 380 g/mol. The fourth-order valence-electron chi connectivity index (χ4n) is 4.20. The zero-order valence-electron chi connectivity index (χ0n) is 15.7. The lowest BCUT2D eigenvalue weighted by Gasteiger charge is -2.30. The van der Waals surface area contributed by atoms with Crippen LogP contribution in [0.4, 0.5) is 10.5 Å². The number of hydrogen-bond acceptors (Lipinski definition) is 5. The first-order valence-corrected chi connectivity index (χ1v) is 9.53. The van der Waals surface area contributed by atoms with Crippen molar-refractivity contribution in [3.05, 3.63) is 46.1 Å². The molecule has 1 spiro atoms. The van der Waals surface area contributed by atoms with Crippen molar-refractivity contribution >= 4 is 29.2 Å². The average Bonchev–Trinajstić information content (AvgIpc) is 3.36. The molecule has 3 amide bonds. The van der Waals surface area contributed by atoms with Crippen LogP contribution in [-0.4, -0.2) is 27.4 Å². The Balaban J connectivity index is 1.78. The lowest BCUT2D eigenvalue weighted by molar-refractivity contribution is -0.125. The first-order valence-electron chi connectivity index (χ1n) is 9.16. The van der Waals surface area contributed by atoms with Crippen LogP contribution < -0.4 is 4.90 Å². The average molecular weight is 399 g/mol. The number of aryl methyl sites for hydroxylation is 1. The number of aromatic nitrogens is 1. The summed E-state index contributed by atoms with van der Waals surface area (Å²) < 4.78 is 5.55. The van der Waals surface area contributed by atoms with Crippen molar-refractivity contribution in [3.63, 3.8) is 0 Å². The van der Waals surface area contributed by atoms with E-state index in [-0.39, 0.29) is 17.5 Å². The number of carbonyl (C=O) groups is 2. The molecule has 2 aliphatic rings. The minimum atomic E-state index is -0.883. The van der Waals surface area contributed by atoms with E-state index in [0.717, 1.165) is 12.8 Å². The number of amides is 3. The quantitative estimate of drug-likeness (QED) is 0.726. The Morgan fingerprint density at radius 2 is 2.00 bits per heavy atom. The Kier molecular flexibility index (Phi) is 4.39. The molecule has 2 aromatic rings. The van der Waals surface area contributed by atoms with E-state index in [9.17, 15) is 14.9 Å². The maximum absolute atomic E-state index is 13.5. The second kappa shape index (κ2) is 6.64. The number of hydrogen-bond donors (Lipinski definition) is 0. The summed E-state index contributed by atoms with van der Waals surface area (Å²) in [4.78, 5) is 33.8. The molecule has 1 aliphatic carbocycles. The Labute approximate surface area is 167 Å². The standard InChI is InChI=1S/C20H19ClN4O3/c1-12-10-23-16(28-12)11-24-19(27)25(18(26)20(24)7-3-4-8-20)15-6-5-14(9-22)17(21)13(15)2/h5-6,10H,3-4,7-8,11H2,1-2H3. The normalized spacial score (nSPS) is 18.4. The molecule has 0 N–H and O–H groups in total. The lowest BCUT2D eigenvalue weighted by Crippen LogP contribution is -2.47. The largest absolute Gasteiger partial charge is 0.444 e. The van der Waals surface area contributed by atoms with Gasteiger partial charge in [-0.15, -0.1) is 0 Å². The number of carbonyl (C=O) groups excluding carboxylic acids is 2. The third-order valence-electron chi connectivity index (χ3n) is 5.65. The summed E-state index contributed by atoms with van der Waals surface area (Å²) in [6, 6.07) is 4.75. The van der Waals surface area contributed by atoms with Gasteiger partial charge in [0.05, 0.1) is 22.5 Å². The molecule has 0 unspecified atom stereocenters. The van der Waals surface area contributed by atoms with Crippen LogP contribution in [0.2, 0.25) is 5.02 Å². The predicted octanol–water partition coefficient (Wildman–Crippen LogP) is 4.10. The fraction of sp³-hybridized carbons (Fsp3) is 0.400. The second-order valence-electron chi connectivity index (χ2n) is 7.30. The van der Waals surface area contributed by atoms with Gasteiger partial charge in [-0.1, -0.05) is 24.4 Å². The van der Waals surface area contributed by atoms with E-state index in [1.54, 1.807) is 31.0 Å².